The number of carboxylic acids is 1. The number of aromatic carboxylic acids is 1. The van der Waals surface area contributed by atoms with Crippen molar-refractivity contribution in [1.29, 1.82) is 0 Å². The highest BCUT2D eigenvalue weighted by molar-refractivity contribution is 8.15. The maximum Gasteiger partial charge on any atom is 0.335 e. The number of carbonyl (C=O) groups is 3. The van der Waals surface area contributed by atoms with Crippen molar-refractivity contribution in [3.05, 3.63) is 59.2 Å². The van der Waals surface area contributed by atoms with Crippen LogP contribution in [-0.4, -0.2) is 45.3 Å². The van der Waals surface area contributed by atoms with Crippen molar-refractivity contribution < 1.29 is 19.5 Å². The standard InChI is InChI=1S/C21H21N3O4S/c1-12-4-7-16(10-13(12)2)23-21-24(3)18(25)11-17(29-21)19(26)22-15-8-5-14(6-9-15)20(27)28/h4-10,17H,11H2,1-3H3,(H,22,26)(H,27,28)/t17-/m0/s1. The number of amidine groups is 1. The van der Waals surface area contributed by atoms with Gasteiger partial charge in [0.2, 0.25) is 11.8 Å². The van der Waals surface area contributed by atoms with Crippen LogP contribution >= 0.6 is 11.8 Å². The average Bonchev–Trinajstić information content (AvgIpc) is 2.68. The molecule has 1 fully saturated rings. The van der Waals surface area contributed by atoms with E-state index in [-0.39, 0.29) is 23.8 Å². The van der Waals surface area contributed by atoms with Gasteiger partial charge >= 0.3 is 5.97 Å². The summed E-state index contributed by atoms with van der Waals surface area (Å²) in [6.45, 7) is 4.01. The minimum Gasteiger partial charge on any atom is -0.478 e. The molecule has 1 saturated heterocycles. The highest BCUT2D eigenvalue weighted by Crippen LogP contribution is 2.29. The highest BCUT2D eigenvalue weighted by atomic mass is 32.2. The second-order valence-corrected chi connectivity index (χ2v) is 7.97. The van der Waals surface area contributed by atoms with E-state index < -0.39 is 11.2 Å². The molecule has 0 radical (unpaired) electrons. The topological polar surface area (TPSA) is 99.1 Å². The Hall–Kier alpha value is -3.13. The minimum absolute atomic E-state index is 0.0617. The average molecular weight is 411 g/mol. The monoisotopic (exact) mass is 411 g/mol. The maximum absolute atomic E-state index is 12.7. The summed E-state index contributed by atoms with van der Waals surface area (Å²) in [6, 6.07) is 11.7. The number of nitrogens with zero attached hydrogens (tertiary/aromatic N) is 2. The maximum atomic E-state index is 12.7. The predicted octanol–water partition coefficient (Wildman–Crippen LogP) is 3.59. The zero-order valence-electron chi connectivity index (χ0n) is 16.3. The van der Waals surface area contributed by atoms with E-state index in [1.54, 1.807) is 7.05 Å². The van der Waals surface area contributed by atoms with E-state index in [1.165, 1.54) is 40.9 Å². The van der Waals surface area contributed by atoms with Gasteiger partial charge in [0.25, 0.3) is 0 Å². The molecule has 0 bridgehead atoms. The first-order valence-electron chi connectivity index (χ1n) is 8.98. The summed E-state index contributed by atoms with van der Waals surface area (Å²) in [5.41, 5.74) is 3.58. The van der Waals surface area contributed by atoms with E-state index in [4.69, 9.17) is 5.11 Å². The number of amides is 2. The van der Waals surface area contributed by atoms with Gasteiger partial charge in [-0.15, -0.1) is 0 Å². The summed E-state index contributed by atoms with van der Waals surface area (Å²) in [4.78, 5) is 42.0. The molecule has 2 aromatic carbocycles. The molecule has 0 aromatic heterocycles. The van der Waals surface area contributed by atoms with E-state index in [0.29, 0.717) is 10.9 Å². The molecular formula is C21H21N3O4S. The molecule has 8 heteroatoms. The summed E-state index contributed by atoms with van der Waals surface area (Å²) >= 11 is 1.23. The van der Waals surface area contributed by atoms with Crippen molar-refractivity contribution in [1.82, 2.24) is 4.90 Å². The molecule has 3 rings (SSSR count). The Morgan fingerprint density at radius 2 is 1.83 bits per heavy atom. The van der Waals surface area contributed by atoms with Crippen molar-refractivity contribution in [2.75, 3.05) is 12.4 Å². The number of carboxylic acid groups (broad SMARTS) is 1. The van der Waals surface area contributed by atoms with Gasteiger partial charge in [-0.05, 0) is 61.4 Å². The van der Waals surface area contributed by atoms with Crippen LogP contribution in [0.3, 0.4) is 0 Å². The highest BCUT2D eigenvalue weighted by Gasteiger charge is 2.34. The van der Waals surface area contributed by atoms with Crippen LogP contribution in [-0.2, 0) is 9.59 Å². The summed E-state index contributed by atoms with van der Waals surface area (Å²) in [7, 11) is 1.65. The van der Waals surface area contributed by atoms with Crippen molar-refractivity contribution in [2.45, 2.75) is 25.5 Å². The molecule has 150 valence electrons. The van der Waals surface area contributed by atoms with Crippen LogP contribution < -0.4 is 5.32 Å². The van der Waals surface area contributed by atoms with Gasteiger partial charge in [-0.1, -0.05) is 17.8 Å². The Morgan fingerprint density at radius 3 is 2.45 bits per heavy atom. The first-order chi connectivity index (χ1) is 13.7. The van der Waals surface area contributed by atoms with Gasteiger partial charge in [-0.2, -0.15) is 0 Å². The largest absolute Gasteiger partial charge is 0.478 e. The lowest BCUT2D eigenvalue weighted by atomic mass is 10.1. The third-order valence-corrected chi connectivity index (χ3v) is 5.92. The van der Waals surface area contributed by atoms with Gasteiger partial charge in [0.1, 0.15) is 5.25 Å². The number of carbonyl (C=O) groups excluding carboxylic acids is 2. The summed E-state index contributed by atoms with van der Waals surface area (Å²) < 4.78 is 0. The third kappa shape index (κ3) is 4.83. The fourth-order valence-corrected chi connectivity index (χ4v) is 3.79. The van der Waals surface area contributed by atoms with Crippen LogP contribution in [0.15, 0.2) is 47.5 Å². The molecule has 2 amide bonds. The molecule has 0 spiro atoms. The van der Waals surface area contributed by atoms with Gasteiger partial charge in [-0.3, -0.25) is 14.5 Å². The van der Waals surface area contributed by atoms with Crippen LogP contribution in [0.1, 0.15) is 27.9 Å². The Balaban J connectivity index is 1.76. The smallest absolute Gasteiger partial charge is 0.335 e. The number of nitrogens with one attached hydrogen (secondary N) is 1. The van der Waals surface area contributed by atoms with Gasteiger partial charge < -0.3 is 10.4 Å². The molecule has 0 aliphatic carbocycles. The van der Waals surface area contributed by atoms with Crippen LogP contribution in [0.4, 0.5) is 11.4 Å². The molecule has 1 atom stereocenters. The van der Waals surface area contributed by atoms with Crippen molar-refractivity contribution >= 4 is 46.1 Å². The van der Waals surface area contributed by atoms with Gasteiger partial charge in [0, 0.05) is 19.2 Å². The molecule has 7 nitrogen and oxygen atoms in total. The first-order valence-corrected chi connectivity index (χ1v) is 9.86. The quantitative estimate of drug-likeness (QED) is 0.801. The fourth-order valence-electron chi connectivity index (χ4n) is 2.72. The first kappa shape index (κ1) is 20.6. The van der Waals surface area contributed by atoms with E-state index in [1.807, 2.05) is 32.0 Å². The van der Waals surface area contributed by atoms with E-state index >= 15 is 0 Å². The number of thioether (sulfide) groups is 1. The van der Waals surface area contributed by atoms with E-state index in [0.717, 1.165) is 16.8 Å². The third-order valence-electron chi connectivity index (χ3n) is 4.68. The molecule has 1 aliphatic rings. The molecule has 1 heterocycles. The number of rotatable bonds is 4. The number of anilines is 1. The number of hydrogen-bond donors (Lipinski definition) is 2. The molecule has 29 heavy (non-hydrogen) atoms. The Labute approximate surface area is 172 Å². The summed E-state index contributed by atoms with van der Waals surface area (Å²) in [5, 5.41) is 11.5. The van der Waals surface area contributed by atoms with Gasteiger partial charge in [0.05, 0.1) is 11.3 Å². The lowest BCUT2D eigenvalue weighted by Gasteiger charge is -2.28. The molecule has 0 unspecified atom stereocenters. The Bertz CT molecular complexity index is 1000. The van der Waals surface area contributed by atoms with E-state index in [2.05, 4.69) is 10.3 Å². The number of aryl methyl sites for hydroxylation is 2. The van der Waals surface area contributed by atoms with Crippen LogP contribution in [0.5, 0.6) is 0 Å². The number of benzene rings is 2. The minimum atomic E-state index is -1.04. The van der Waals surface area contributed by atoms with Crippen molar-refractivity contribution in [3.8, 4) is 0 Å². The second kappa shape index (κ2) is 8.48. The number of aliphatic imine (C=N–C) groups is 1. The molecule has 2 N–H and O–H groups in total. The Morgan fingerprint density at radius 1 is 1.14 bits per heavy atom. The summed E-state index contributed by atoms with van der Waals surface area (Å²) in [6.07, 6.45) is 0.0617. The SMILES string of the molecule is Cc1ccc(N=C2S[C@H](C(=O)Nc3ccc(C(=O)O)cc3)CC(=O)N2C)cc1C. The zero-order chi connectivity index (χ0) is 21.1. The second-order valence-electron chi connectivity index (χ2n) is 6.80. The lowest BCUT2D eigenvalue weighted by molar-refractivity contribution is -0.128. The Kier molecular flexibility index (Phi) is 6.03. The normalized spacial score (nSPS) is 18.0. The summed E-state index contributed by atoms with van der Waals surface area (Å²) in [5.74, 6) is -1.55. The molecule has 0 saturated carbocycles. The number of hydrogen-bond acceptors (Lipinski definition) is 5. The molecule has 2 aromatic rings. The van der Waals surface area contributed by atoms with Crippen LogP contribution in [0.25, 0.3) is 0 Å². The van der Waals surface area contributed by atoms with Gasteiger partial charge in [0.15, 0.2) is 5.17 Å². The molecular weight excluding hydrogens is 390 g/mol. The van der Waals surface area contributed by atoms with Crippen molar-refractivity contribution in [3.63, 3.8) is 0 Å². The fraction of sp³-hybridized carbons (Fsp3) is 0.238. The van der Waals surface area contributed by atoms with Crippen LogP contribution in [0, 0.1) is 13.8 Å². The predicted molar refractivity (Wildman–Crippen MR) is 114 cm³/mol. The lowest BCUT2D eigenvalue weighted by Crippen LogP contribution is -2.43. The molecule has 1 aliphatic heterocycles. The van der Waals surface area contributed by atoms with Crippen LogP contribution in [0.2, 0.25) is 0 Å². The van der Waals surface area contributed by atoms with Crippen molar-refractivity contribution in [2.24, 2.45) is 4.99 Å². The van der Waals surface area contributed by atoms with Gasteiger partial charge in [-0.25, -0.2) is 9.79 Å². The zero-order valence-corrected chi connectivity index (χ0v) is 17.1. The van der Waals surface area contributed by atoms with E-state index in [9.17, 15) is 14.4 Å².